The molecule has 6 atom stereocenters. The highest BCUT2D eigenvalue weighted by molar-refractivity contribution is 5.13. The molecule has 0 bridgehead atoms. The fourth-order valence-electron chi connectivity index (χ4n) is 3.73. The molecule has 0 saturated carbocycles. The summed E-state index contributed by atoms with van der Waals surface area (Å²) in [5, 5.41) is 20.0. The van der Waals surface area contributed by atoms with Gasteiger partial charge in [0.15, 0.2) is 0 Å². The lowest BCUT2D eigenvalue weighted by atomic mass is 9.85. The third kappa shape index (κ3) is 4.13. The Morgan fingerprint density at radius 3 is 2.80 bits per heavy atom. The number of hydrogen-bond donors (Lipinski definition) is 2. The van der Waals surface area contributed by atoms with Crippen molar-refractivity contribution >= 4 is 0 Å². The van der Waals surface area contributed by atoms with Gasteiger partial charge in [-0.25, -0.2) is 0 Å². The van der Waals surface area contributed by atoms with Crippen molar-refractivity contribution in [3.63, 3.8) is 0 Å². The van der Waals surface area contributed by atoms with Crippen LogP contribution in [0.4, 0.5) is 0 Å². The molecular weight excluding hydrogens is 320 g/mol. The summed E-state index contributed by atoms with van der Waals surface area (Å²) in [7, 11) is 0. The topological polar surface area (TPSA) is 68.2 Å². The Labute approximate surface area is 149 Å². The molecule has 1 aromatic carbocycles. The zero-order valence-corrected chi connectivity index (χ0v) is 14.7. The summed E-state index contributed by atoms with van der Waals surface area (Å²) in [6, 6.07) is 9.93. The lowest BCUT2D eigenvalue weighted by Gasteiger charge is -2.47. The Bertz CT molecular complexity index is 562. The van der Waals surface area contributed by atoms with Crippen LogP contribution in [0.25, 0.3) is 0 Å². The van der Waals surface area contributed by atoms with E-state index < -0.39 is 23.9 Å². The molecule has 2 saturated heterocycles. The van der Waals surface area contributed by atoms with Gasteiger partial charge in [0.25, 0.3) is 0 Å². The Kier molecular flexibility index (Phi) is 5.92. The highest BCUT2D eigenvalue weighted by atomic mass is 16.6. The third-order valence-corrected chi connectivity index (χ3v) is 5.32. The number of hydrogen-bond acceptors (Lipinski definition) is 5. The summed E-state index contributed by atoms with van der Waals surface area (Å²) in [5.74, 6) is 0. The molecule has 2 aliphatic rings. The minimum atomic E-state index is -0.584. The molecule has 0 radical (unpaired) electrons. The molecule has 0 aromatic heterocycles. The summed E-state index contributed by atoms with van der Waals surface area (Å²) in [5.41, 5.74) is 0.535. The Morgan fingerprint density at radius 1 is 1.36 bits per heavy atom. The van der Waals surface area contributed by atoms with Crippen LogP contribution in [0.15, 0.2) is 43.0 Å². The average molecular weight is 348 g/mol. The van der Waals surface area contributed by atoms with Crippen LogP contribution in [0.2, 0.25) is 0 Å². The van der Waals surface area contributed by atoms with E-state index in [1.165, 1.54) is 0 Å². The van der Waals surface area contributed by atoms with Gasteiger partial charge >= 0.3 is 0 Å². The van der Waals surface area contributed by atoms with Crippen molar-refractivity contribution in [1.82, 2.24) is 0 Å². The van der Waals surface area contributed by atoms with E-state index in [-0.39, 0.29) is 18.8 Å². The molecule has 2 N–H and O–H groups in total. The smallest absolute Gasteiger partial charge is 0.108 e. The minimum absolute atomic E-state index is 0.102. The monoisotopic (exact) mass is 348 g/mol. The summed E-state index contributed by atoms with van der Waals surface area (Å²) < 4.78 is 18.4. The van der Waals surface area contributed by atoms with Gasteiger partial charge in [0.2, 0.25) is 0 Å². The molecule has 0 unspecified atom stereocenters. The van der Waals surface area contributed by atoms with Crippen molar-refractivity contribution in [2.45, 2.75) is 68.9 Å². The van der Waals surface area contributed by atoms with Gasteiger partial charge in [-0.05, 0) is 25.3 Å². The number of benzene rings is 1. The number of rotatable bonds is 5. The van der Waals surface area contributed by atoms with E-state index in [4.69, 9.17) is 14.2 Å². The molecule has 2 heterocycles. The normalized spacial score (nSPS) is 38.6. The van der Waals surface area contributed by atoms with Gasteiger partial charge in [-0.3, -0.25) is 0 Å². The highest BCUT2D eigenvalue weighted by Gasteiger charge is 2.49. The van der Waals surface area contributed by atoms with E-state index >= 15 is 0 Å². The first-order valence-electron chi connectivity index (χ1n) is 8.96. The van der Waals surface area contributed by atoms with Crippen LogP contribution in [0.5, 0.6) is 0 Å². The zero-order chi connectivity index (χ0) is 17.9. The number of ether oxygens (including phenoxy) is 3. The van der Waals surface area contributed by atoms with E-state index in [2.05, 4.69) is 6.58 Å². The fourth-order valence-corrected chi connectivity index (χ4v) is 3.73. The maximum Gasteiger partial charge on any atom is 0.108 e. The van der Waals surface area contributed by atoms with Crippen LogP contribution in [0.1, 0.15) is 31.7 Å². The van der Waals surface area contributed by atoms with Crippen molar-refractivity contribution in [1.29, 1.82) is 0 Å². The predicted molar refractivity (Wildman–Crippen MR) is 94.1 cm³/mol. The molecule has 0 amide bonds. The highest BCUT2D eigenvalue weighted by Crippen LogP contribution is 2.40. The van der Waals surface area contributed by atoms with Crippen molar-refractivity contribution in [2.75, 3.05) is 6.61 Å². The molecular formula is C20H28O5. The lowest BCUT2D eigenvalue weighted by molar-refractivity contribution is -0.251. The number of aliphatic hydroxyl groups excluding tert-OH is 2. The second kappa shape index (κ2) is 7.98. The first kappa shape index (κ1) is 18.5. The Morgan fingerprint density at radius 2 is 2.12 bits per heavy atom. The van der Waals surface area contributed by atoms with Crippen molar-refractivity contribution in [2.24, 2.45) is 0 Å². The lowest BCUT2D eigenvalue weighted by Crippen LogP contribution is -2.57. The fraction of sp³-hybridized carbons (Fsp3) is 0.600. The SMILES string of the molecule is C=C[C@@H]1O[C@@H]2C[C@H](OCc3ccccc3)[C@@H](CO)O[C@@]2(C)CC[C@H]1O. The summed E-state index contributed by atoms with van der Waals surface area (Å²) in [4.78, 5) is 0. The van der Waals surface area contributed by atoms with Gasteiger partial charge in [-0.1, -0.05) is 36.4 Å². The molecule has 3 rings (SSSR count). The van der Waals surface area contributed by atoms with E-state index in [1.807, 2.05) is 37.3 Å². The van der Waals surface area contributed by atoms with E-state index in [9.17, 15) is 10.2 Å². The summed E-state index contributed by atoms with van der Waals surface area (Å²) >= 11 is 0. The largest absolute Gasteiger partial charge is 0.394 e. The van der Waals surface area contributed by atoms with Gasteiger partial charge < -0.3 is 24.4 Å². The van der Waals surface area contributed by atoms with Gasteiger partial charge in [-0.15, -0.1) is 6.58 Å². The molecule has 5 nitrogen and oxygen atoms in total. The second-order valence-electron chi connectivity index (χ2n) is 7.15. The van der Waals surface area contributed by atoms with Crippen molar-refractivity contribution in [3.8, 4) is 0 Å². The molecule has 1 aromatic rings. The second-order valence-corrected chi connectivity index (χ2v) is 7.15. The molecule has 0 spiro atoms. The van der Waals surface area contributed by atoms with Gasteiger partial charge in [0, 0.05) is 6.42 Å². The van der Waals surface area contributed by atoms with Crippen LogP contribution in [0, 0.1) is 0 Å². The maximum absolute atomic E-state index is 10.2. The van der Waals surface area contributed by atoms with Crippen molar-refractivity contribution < 1.29 is 24.4 Å². The molecule has 138 valence electrons. The number of fused-ring (bicyclic) bond motifs is 1. The van der Waals surface area contributed by atoms with Gasteiger partial charge in [0.05, 0.1) is 37.1 Å². The molecule has 2 fully saturated rings. The zero-order valence-electron chi connectivity index (χ0n) is 14.7. The van der Waals surface area contributed by atoms with Gasteiger partial charge in [-0.2, -0.15) is 0 Å². The van der Waals surface area contributed by atoms with Crippen LogP contribution in [-0.2, 0) is 20.8 Å². The number of aliphatic hydroxyl groups is 2. The first-order valence-corrected chi connectivity index (χ1v) is 8.96. The standard InChI is InChI=1S/C20H28O5/c1-3-16-15(22)9-10-20(2)19(24-16)11-17(18(12-21)25-20)23-13-14-7-5-4-6-8-14/h3-8,15-19,21-22H,1,9-13H2,2H3/t15-,16+,17+,18-,19-,20+/m1/s1. The van der Waals surface area contributed by atoms with Gasteiger partial charge in [0.1, 0.15) is 12.2 Å². The van der Waals surface area contributed by atoms with E-state index in [1.54, 1.807) is 6.08 Å². The predicted octanol–water partition coefficient (Wildman–Crippen LogP) is 2.21. The van der Waals surface area contributed by atoms with E-state index in [0.29, 0.717) is 25.9 Å². The van der Waals surface area contributed by atoms with Crippen LogP contribution < -0.4 is 0 Å². The van der Waals surface area contributed by atoms with E-state index in [0.717, 1.165) is 5.56 Å². The van der Waals surface area contributed by atoms with Crippen LogP contribution >= 0.6 is 0 Å². The summed E-state index contributed by atoms with van der Waals surface area (Å²) in [6.45, 7) is 6.12. The first-order chi connectivity index (χ1) is 12.1. The van der Waals surface area contributed by atoms with Crippen molar-refractivity contribution in [3.05, 3.63) is 48.6 Å². The third-order valence-electron chi connectivity index (χ3n) is 5.32. The molecule has 0 aliphatic carbocycles. The summed E-state index contributed by atoms with van der Waals surface area (Å²) in [6.07, 6.45) is 1.66. The molecule has 25 heavy (non-hydrogen) atoms. The quantitative estimate of drug-likeness (QED) is 0.799. The van der Waals surface area contributed by atoms with Crippen LogP contribution in [0.3, 0.4) is 0 Å². The Hall–Kier alpha value is -1.24. The maximum atomic E-state index is 10.2. The Balaban J connectivity index is 1.71. The van der Waals surface area contributed by atoms with Crippen LogP contribution in [-0.4, -0.2) is 52.9 Å². The average Bonchev–Trinajstić information content (AvgIpc) is 2.76. The molecule has 5 heteroatoms. The molecule has 2 aliphatic heterocycles. The minimum Gasteiger partial charge on any atom is -0.394 e.